The van der Waals surface area contributed by atoms with E-state index in [1.165, 1.54) is 21.9 Å². The zero-order chi connectivity index (χ0) is 19.7. The summed E-state index contributed by atoms with van der Waals surface area (Å²) < 4.78 is 2.34. The quantitative estimate of drug-likeness (QED) is 0.645. The van der Waals surface area contributed by atoms with Gasteiger partial charge in [-0.05, 0) is 37.5 Å². The number of hydrogen-bond donors (Lipinski definition) is 1. The average molecular weight is 462 g/mol. The van der Waals surface area contributed by atoms with Gasteiger partial charge in [0.1, 0.15) is 0 Å². The van der Waals surface area contributed by atoms with E-state index in [-0.39, 0.29) is 17.4 Å². The lowest BCUT2D eigenvalue weighted by molar-refractivity contribution is -0.125. The number of halogens is 1. The van der Waals surface area contributed by atoms with Gasteiger partial charge in [-0.15, -0.1) is 5.10 Å². The maximum Gasteiger partial charge on any atom is 0.275 e. The van der Waals surface area contributed by atoms with Crippen LogP contribution in [-0.2, 0) is 11.3 Å². The van der Waals surface area contributed by atoms with Crippen molar-refractivity contribution in [1.82, 2.24) is 19.9 Å². The number of nitrogens with one attached hydrogen (secondary N) is 1. The predicted molar refractivity (Wildman–Crippen MR) is 113 cm³/mol. The molecular formula is C19H20BrN5O2S. The summed E-state index contributed by atoms with van der Waals surface area (Å²) in [6, 6.07) is 9.39. The fraction of sp³-hybridized carbons (Fsp3) is 0.368. The van der Waals surface area contributed by atoms with Gasteiger partial charge in [-0.1, -0.05) is 39.4 Å². The topological polar surface area (TPSA) is 79.6 Å². The van der Waals surface area contributed by atoms with E-state index in [1.54, 1.807) is 6.92 Å². The number of nitrogens with zero attached hydrogens (tertiary/aromatic N) is 4. The standard InChI is InChI=1S/C19H20BrN5O2S/c1-12-8-16(26)25-18(22-12)28-19(23-25)24-7-3-5-14(11-24)17(27)21-10-13-4-2-6-15(20)9-13/h2,4,6,8-9,14H,3,5,7,10-11H2,1H3,(H,21,27). The summed E-state index contributed by atoms with van der Waals surface area (Å²) in [6.45, 7) is 3.72. The van der Waals surface area contributed by atoms with E-state index in [2.05, 4.69) is 36.2 Å². The zero-order valence-corrected chi connectivity index (χ0v) is 17.8. The highest BCUT2D eigenvalue weighted by molar-refractivity contribution is 9.10. The van der Waals surface area contributed by atoms with E-state index in [0.717, 1.165) is 34.6 Å². The molecular weight excluding hydrogens is 442 g/mol. The van der Waals surface area contributed by atoms with Crippen LogP contribution in [0.1, 0.15) is 24.1 Å². The molecule has 146 valence electrons. The van der Waals surface area contributed by atoms with E-state index in [1.807, 2.05) is 24.3 Å². The Hall–Kier alpha value is -2.26. The summed E-state index contributed by atoms with van der Waals surface area (Å²) in [5.74, 6) is -0.0451. The highest BCUT2D eigenvalue weighted by Crippen LogP contribution is 2.27. The fourth-order valence-electron chi connectivity index (χ4n) is 3.38. The molecule has 0 bridgehead atoms. The molecule has 1 aliphatic rings. The van der Waals surface area contributed by atoms with Gasteiger partial charge in [0.2, 0.25) is 16.0 Å². The van der Waals surface area contributed by atoms with Gasteiger partial charge in [-0.25, -0.2) is 4.98 Å². The lowest BCUT2D eigenvalue weighted by atomic mass is 9.97. The Morgan fingerprint density at radius 3 is 3.07 bits per heavy atom. The molecule has 1 amide bonds. The van der Waals surface area contributed by atoms with Gasteiger partial charge in [0.25, 0.3) is 5.56 Å². The van der Waals surface area contributed by atoms with Crippen molar-refractivity contribution < 1.29 is 4.79 Å². The number of anilines is 1. The first-order chi connectivity index (χ1) is 13.5. The predicted octanol–water partition coefficient (Wildman–Crippen LogP) is 2.75. The Morgan fingerprint density at radius 2 is 2.25 bits per heavy atom. The molecule has 7 nitrogen and oxygen atoms in total. The molecule has 0 aliphatic carbocycles. The second kappa shape index (κ2) is 8.00. The number of benzene rings is 1. The zero-order valence-electron chi connectivity index (χ0n) is 15.4. The number of carbonyl (C=O) groups is 1. The van der Waals surface area contributed by atoms with E-state index >= 15 is 0 Å². The normalized spacial score (nSPS) is 17.1. The van der Waals surface area contributed by atoms with Crippen LogP contribution in [0.4, 0.5) is 5.13 Å². The molecule has 1 atom stereocenters. The smallest absolute Gasteiger partial charge is 0.275 e. The van der Waals surface area contributed by atoms with Crippen molar-refractivity contribution in [2.24, 2.45) is 5.92 Å². The van der Waals surface area contributed by atoms with Gasteiger partial charge < -0.3 is 10.2 Å². The van der Waals surface area contributed by atoms with Gasteiger partial charge in [-0.3, -0.25) is 9.59 Å². The number of aryl methyl sites for hydroxylation is 1. The molecule has 1 aliphatic heterocycles. The maximum atomic E-state index is 12.7. The molecule has 28 heavy (non-hydrogen) atoms. The average Bonchev–Trinajstić information content (AvgIpc) is 3.11. The number of rotatable bonds is 4. The first kappa shape index (κ1) is 19.1. The summed E-state index contributed by atoms with van der Waals surface area (Å²) in [5.41, 5.74) is 1.57. The second-order valence-corrected chi connectivity index (χ2v) is 8.80. The lowest BCUT2D eigenvalue weighted by Crippen LogP contribution is -2.43. The number of amides is 1. The number of carbonyl (C=O) groups excluding carboxylic acids is 1. The van der Waals surface area contributed by atoms with Crippen molar-refractivity contribution >= 4 is 43.3 Å². The molecule has 4 rings (SSSR count). The summed E-state index contributed by atoms with van der Waals surface area (Å²) in [5, 5.41) is 8.20. The van der Waals surface area contributed by atoms with E-state index in [0.29, 0.717) is 23.7 Å². The van der Waals surface area contributed by atoms with Gasteiger partial charge in [-0.2, -0.15) is 4.52 Å². The minimum atomic E-state index is -0.176. The van der Waals surface area contributed by atoms with Gasteiger partial charge in [0, 0.05) is 35.9 Å². The van der Waals surface area contributed by atoms with E-state index < -0.39 is 0 Å². The Kier molecular flexibility index (Phi) is 5.45. The van der Waals surface area contributed by atoms with Crippen LogP contribution in [0.15, 0.2) is 39.6 Å². The third-order valence-corrected chi connectivity index (χ3v) is 6.24. The number of hydrogen-bond acceptors (Lipinski definition) is 6. The SMILES string of the molecule is Cc1cc(=O)n2nc(N3CCCC(C(=O)NCc4cccc(Br)c4)C3)sc2n1. The van der Waals surface area contributed by atoms with Gasteiger partial charge >= 0.3 is 0 Å². The third-order valence-electron chi connectivity index (χ3n) is 4.78. The number of piperidine rings is 1. The van der Waals surface area contributed by atoms with Crippen LogP contribution in [0.3, 0.4) is 0 Å². The number of aromatic nitrogens is 3. The molecule has 1 unspecified atom stereocenters. The highest BCUT2D eigenvalue weighted by Gasteiger charge is 2.27. The molecule has 9 heteroatoms. The van der Waals surface area contributed by atoms with E-state index in [4.69, 9.17) is 0 Å². The van der Waals surface area contributed by atoms with Crippen LogP contribution in [0.5, 0.6) is 0 Å². The molecule has 0 saturated carbocycles. The van der Waals surface area contributed by atoms with Crippen LogP contribution < -0.4 is 15.8 Å². The molecule has 3 heterocycles. The summed E-state index contributed by atoms with van der Waals surface area (Å²) >= 11 is 4.84. The minimum absolute atomic E-state index is 0.0527. The maximum absolute atomic E-state index is 12.7. The van der Waals surface area contributed by atoms with Crippen molar-refractivity contribution in [2.75, 3.05) is 18.0 Å². The van der Waals surface area contributed by atoms with Crippen LogP contribution in [0, 0.1) is 12.8 Å². The van der Waals surface area contributed by atoms with E-state index in [9.17, 15) is 9.59 Å². The van der Waals surface area contributed by atoms with Crippen molar-refractivity contribution in [3.8, 4) is 0 Å². The molecule has 1 aromatic carbocycles. The fourth-order valence-corrected chi connectivity index (χ4v) is 4.82. The summed E-state index contributed by atoms with van der Waals surface area (Å²) in [7, 11) is 0. The Labute approximate surface area is 174 Å². The molecule has 1 N–H and O–H groups in total. The van der Waals surface area contributed by atoms with Crippen LogP contribution >= 0.6 is 27.3 Å². The van der Waals surface area contributed by atoms with Crippen molar-refractivity contribution in [2.45, 2.75) is 26.3 Å². The molecule has 1 fully saturated rings. The molecule has 0 radical (unpaired) electrons. The van der Waals surface area contributed by atoms with Crippen LogP contribution in [-0.4, -0.2) is 33.6 Å². The molecule has 1 saturated heterocycles. The van der Waals surface area contributed by atoms with Gasteiger partial charge in [0.15, 0.2) is 0 Å². The largest absolute Gasteiger partial charge is 0.352 e. The Balaban J connectivity index is 1.44. The third kappa shape index (κ3) is 4.10. The monoisotopic (exact) mass is 461 g/mol. The van der Waals surface area contributed by atoms with Crippen LogP contribution in [0.2, 0.25) is 0 Å². The summed E-state index contributed by atoms with van der Waals surface area (Å²) in [4.78, 5) is 31.8. The summed E-state index contributed by atoms with van der Waals surface area (Å²) in [6.07, 6.45) is 1.76. The minimum Gasteiger partial charge on any atom is -0.352 e. The second-order valence-electron chi connectivity index (χ2n) is 6.95. The highest BCUT2D eigenvalue weighted by atomic mass is 79.9. The van der Waals surface area contributed by atoms with Crippen molar-refractivity contribution in [1.29, 1.82) is 0 Å². The van der Waals surface area contributed by atoms with Gasteiger partial charge in [0.05, 0.1) is 5.92 Å². The molecule has 3 aromatic rings. The van der Waals surface area contributed by atoms with Crippen LogP contribution in [0.25, 0.3) is 4.96 Å². The molecule has 0 spiro atoms. The lowest BCUT2D eigenvalue weighted by Gasteiger charge is -2.31. The molecule has 2 aromatic heterocycles. The van der Waals surface area contributed by atoms with Crippen molar-refractivity contribution in [3.63, 3.8) is 0 Å². The Bertz CT molecular complexity index is 1080. The first-order valence-corrected chi connectivity index (χ1v) is 10.8. The Morgan fingerprint density at radius 1 is 1.39 bits per heavy atom. The van der Waals surface area contributed by atoms with Crippen molar-refractivity contribution in [3.05, 3.63) is 56.4 Å². The first-order valence-electron chi connectivity index (χ1n) is 9.14. The number of fused-ring (bicyclic) bond motifs is 1.